The van der Waals surface area contributed by atoms with Crippen LogP contribution < -0.4 is 16.1 Å². The highest BCUT2D eigenvalue weighted by atomic mass is 16.3. The van der Waals surface area contributed by atoms with Crippen molar-refractivity contribution >= 4 is 5.82 Å². The molecule has 0 aromatic carbocycles. The Kier molecular flexibility index (Phi) is 7.87. The lowest BCUT2D eigenvalue weighted by atomic mass is 10.1. The summed E-state index contributed by atoms with van der Waals surface area (Å²) in [7, 11) is 3.00. The predicted molar refractivity (Wildman–Crippen MR) is 87.4 cm³/mol. The highest BCUT2D eigenvalue weighted by Gasteiger charge is 2.15. The maximum Gasteiger partial charge on any atom is 0.346 e. The molecule has 1 aromatic rings. The first-order valence-corrected chi connectivity index (χ1v) is 8.03. The van der Waals surface area contributed by atoms with Gasteiger partial charge in [-0.2, -0.15) is 0 Å². The Morgan fingerprint density at radius 1 is 1.05 bits per heavy atom. The minimum atomic E-state index is -0.432. The molecule has 0 aliphatic carbocycles. The molecule has 0 saturated carbocycles. The summed E-state index contributed by atoms with van der Waals surface area (Å²) in [5.41, 5.74) is -0.812. The fourth-order valence-electron chi connectivity index (χ4n) is 2.37. The summed E-state index contributed by atoms with van der Waals surface area (Å²) in [6, 6.07) is 0. The van der Waals surface area contributed by atoms with Crippen LogP contribution in [0, 0.1) is 0 Å². The second kappa shape index (κ2) is 9.40. The van der Waals surface area contributed by atoms with Crippen molar-refractivity contribution < 1.29 is 5.11 Å². The van der Waals surface area contributed by atoms with Gasteiger partial charge >= 0.3 is 5.69 Å². The molecule has 7 nitrogen and oxygen atoms in total. The van der Waals surface area contributed by atoms with E-state index < -0.39 is 5.69 Å². The molecule has 0 radical (unpaired) electrons. The SMILES string of the molecule is CCCCCCCN(CCCO)c1nn(C)c(=O)n(C)c1=O. The predicted octanol–water partition coefficient (Wildman–Crippen LogP) is 0.638. The summed E-state index contributed by atoms with van der Waals surface area (Å²) >= 11 is 0. The molecule has 0 aliphatic rings. The van der Waals surface area contributed by atoms with Crippen LogP contribution in [-0.2, 0) is 14.1 Å². The number of hydrogen-bond donors (Lipinski definition) is 1. The second-order valence-corrected chi connectivity index (χ2v) is 5.57. The summed E-state index contributed by atoms with van der Waals surface area (Å²) in [6.07, 6.45) is 6.24. The third-order valence-corrected chi connectivity index (χ3v) is 3.72. The zero-order chi connectivity index (χ0) is 16.5. The fourth-order valence-corrected chi connectivity index (χ4v) is 2.37. The molecule has 0 spiro atoms. The van der Waals surface area contributed by atoms with E-state index >= 15 is 0 Å². The molecule has 0 saturated heterocycles. The number of aryl methyl sites for hydroxylation is 1. The summed E-state index contributed by atoms with van der Waals surface area (Å²) in [4.78, 5) is 25.9. The molecule has 22 heavy (non-hydrogen) atoms. The molecular weight excluding hydrogens is 284 g/mol. The van der Waals surface area contributed by atoms with Gasteiger partial charge in [-0.25, -0.2) is 9.48 Å². The van der Waals surface area contributed by atoms with Crippen molar-refractivity contribution in [2.75, 3.05) is 24.6 Å². The van der Waals surface area contributed by atoms with Crippen LogP contribution in [0.5, 0.6) is 0 Å². The third-order valence-electron chi connectivity index (χ3n) is 3.72. The van der Waals surface area contributed by atoms with Crippen LogP contribution in [0.1, 0.15) is 45.4 Å². The average Bonchev–Trinajstić information content (AvgIpc) is 2.52. The number of unbranched alkanes of at least 4 members (excludes halogenated alkanes) is 4. The first kappa shape index (κ1) is 18.4. The number of aliphatic hydroxyl groups is 1. The molecule has 1 rings (SSSR count). The summed E-state index contributed by atoms with van der Waals surface area (Å²) < 4.78 is 2.26. The zero-order valence-corrected chi connectivity index (χ0v) is 13.9. The first-order valence-electron chi connectivity index (χ1n) is 8.03. The van der Waals surface area contributed by atoms with Gasteiger partial charge in [0, 0.05) is 33.8 Å². The molecule has 1 N–H and O–H groups in total. The molecule has 0 unspecified atom stereocenters. The molecule has 126 valence electrons. The molecule has 0 aliphatic heterocycles. The van der Waals surface area contributed by atoms with Crippen molar-refractivity contribution in [3.8, 4) is 0 Å². The Bertz CT molecular complexity index is 565. The van der Waals surface area contributed by atoms with E-state index in [0.29, 0.717) is 19.5 Å². The molecule has 1 aromatic heterocycles. The van der Waals surface area contributed by atoms with Crippen molar-refractivity contribution in [1.29, 1.82) is 0 Å². The smallest absolute Gasteiger partial charge is 0.346 e. The average molecular weight is 312 g/mol. The highest BCUT2D eigenvalue weighted by molar-refractivity contribution is 5.34. The minimum Gasteiger partial charge on any atom is -0.396 e. The van der Waals surface area contributed by atoms with E-state index in [2.05, 4.69) is 12.0 Å². The number of nitrogens with zero attached hydrogens (tertiary/aromatic N) is 4. The van der Waals surface area contributed by atoms with Gasteiger partial charge in [0.2, 0.25) is 5.82 Å². The van der Waals surface area contributed by atoms with E-state index in [4.69, 9.17) is 5.11 Å². The third kappa shape index (κ3) is 4.98. The van der Waals surface area contributed by atoms with Crippen molar-refractivity contribution in [3.05, 3.63) is 20.8 Å². The van der Waals surface area contributed by atoms with E-state index in [1.165, 1.54) is 38.0 Å². The van der Waals surface area contributed by atoms with E-state index in [1.54, 1.807) is 0 Å². The number of aromatic nitrogens is 3. The largest absolute Gasteiger partial charge is 0.396 e. The maximum atomic E-state index is 12.3. The molecule has 0 amide bonds. The lowest BCUT2D eigenvalue weighted by Crippen LogP contribution is -2.43. The number of aliphatic hydroxyl groups excluding tert-OH is 1. The molecule has 0 atom stereocenters. The molecular formula is C15H28N4O3. The van der Waals surface area contributed by atoms with Crippen LogP contribution in [0.3, 0.4) is 0 Å². The van der Waals surface area contributed by atoms with Crippen molar-refractivity contribution in [2.45, 2.75) is 45.4 Å². The standard InChI is InChI=1S/C15H28N4O3/c1-4-5-6-7-8-10-19(11-9-12-20)13-14(21)17(2)15(22)18(3)16-13/h20H,4-12H2,1-3H3. The van der Waals surface area contributed by atoms with Gasteiger partial charge in [0.1, 0.15) is 0 Å². The summed E-state index contributed by atoms with van der Waals surface area (Å²) in [5.74, 6) is 0.286. The van der Waals surface area contributed by atoms with Gasteiger partial charge in [-0.3, -0.25) is 9.36 Å². The second-order valence-electron chi connectivity index (χ2n) is 5.57. The van der Waals surface area contributed by atoms with Crippen LogP contribution in [-0.4, -0.2) is 39.2 Å². The minimum absolute atomic E-state index is 0.0679. The van der Waals surface area contributed by atoms with E-state index in [1.807, 2.05) is 4.90 Å². The topological polar surface area (TPSA) is 80.4 Å². The lowest BCUT2D eigenvalue weighted by Gasteiger charge is -2.23. The monoisotopic (exact) mass is 312 g/mol. The number of anilines is 1. The van der Waals surface area contributed by atoms with E-state index in [9.17, 15) is 9.59 Å². The Hall–Kier alpha value is -1.63. The Morgan fingerprint density at radius 2 is 1.68 bits per heavy atom. The number of hydrogen-bond acceptors (Lipinski definition) is 5. The molecule has 7 heteroatoms. The molecule has 1 heterocycles. The van der Waals surface area contributed by atoms with Gasteiger partial charge in [-0.1, -0.05) is 32.6 Å². The zero-order valence-electron chi connectivity index (χ0n) is 13.9. The maximum absolute atomic E-state index is 12.3. The van der Waals surface area contributed by atoms with E-state index in [-0.39, 0.29) is 18.0 Å². The highest BCUT2D eigenvalue weighted by Crippen LogP contribution is 2.08. The fraction of sp³-hybridized carbons (Fsp3) is 0.800. The number of rotatable bonds is 10. The van der Waals surface area contributed by atoms with Crippen LogP contribution in [0.4, 0.5) is 5.82 Å². The van der Waals surface area contributed by atoms with Gasteiger partial charge in [0.25, 0.3) is 5.56 Å². The quantitative estimate of drug-likeness (QED) is 0.641. The summed E-state index contributed by atoms with van der Waals surface area (Å²) in [6.45, 7) is 3.51. The Balaban J connectivity index is 2.87. The van der Waals surface area contributed by atoms with Gasteiger partial charge in [-0.05, 0) is 12.8 Å². The van der Waals surface area contributed by atoms with Gasteiger partial charge in [0.15, 0.2) is 0 Å². The van der Waals surface area contributed by atoms with Gasteiger partial charge in [-0.15, -0.1) is 5.10 Å². The van der Waals surface area contributed by atoms with E-state index in [0.717, 1.165) is 17.4 Å². The lowest BCUT2D eigenvalue weighted by molar-refractivity contribution is 0.289. The normalized spacial score (nSPS) is 10.9. The first-order chi connectivity index (χ1) is 10.5. The Morgan fingerprint density at radius 3 is 2.32 bits per heavy atom. The Labute approximate surface area is 131 Å². The molecule has 0 bridgehead atoms. The van der Waals surface area contributed by atoms with Crippen LogP contribution in [0.2, 0.25) is 0 Å². The van der Waals surface area contributed by atoms with Crippen molar-refractivity contribution in [3.63, 3.8) is 0 Å². The van der Waals surface area contributed by atoms with Crippen molar-refractivity contribution in [2.24, 2.45) is 14.1 Å². The van der Waals surface area contributed by atoms with Gasteiger partial charge < -0.3 is 10.0 Å². The van der Waals surface area contributed by atoms with Gasteiger partial charge in [0.05, 0.1) is 0 Å². The molecule has 0 fully saturated rings. The van der Waals surface area contributed by atoms with Crippen LogP contribution in [0.25, 0.3) is 0 Å². The summed E-state index contributed by atoms with van der Waals surface area (Å²) in [5, 5.41) is 13.2. The van der Waals surface area contributed by atoms with Crippen molar-refractivity contribution in [1.82, 2.24) is 14.3 Å². The van der Waals surface area contributed by atoms with Crippen LogP contribution in [0.15, 0.2) is 9.59 Å². The van der Waals surface area contributed by atoms with Crippen LogP contribution >= 0.6 is 0 Å².